The predicted octanol–water partition coefficient (Wildman–Crippen LogP) is 5.90. The first-order chi connectivity index (χ1) is 17.7. The molecule has 3 aromatic rings. The van der Waals surface area contributed by atoms with Crippen molar-refractivity contribution in [3.8, 4) is 16.9 Å². The van der Waals surface area contributed by atoms with Crippen LogP contribution in [-0.2, 0) is 4.79 Å². The molecule has 0 bridgehead atoms. The molecular weight excluding hydrogens is 491 g/mol. The van der Waals surface area contributed by atoms with E-state index < -0.39 is 11.9 Å². The number of hydrogen-bond acceptors (Lipinski definition) is 5. The van der Waals surface area contributed by atoms with Crippen LogP contribution in [0.3, 0.4) is 0 Å². The number of hydrogen-bond donors (Lipinski definition) is 2. The molecule has 2 atom stereocenters. The highest BCUT2D eigenvalue weighted by molar-refractivity contribution is 6.31. The van der Waals surface area contributed by atoms with Gasteiger partial charge < -0.3 is 20.2 Å². The van der Waals surface area contributed by atoms with Crippen LogP contribution in [0.2, 0.25) is 5.02 Å². The van der Waals surface area contributed by atoms with Crippen molar-refractivity contribution in [1.29, 1.82) is 0 Å². The molecule has 2 aliphatic rings. The maximum atomic E-state index is 14.1. The molecule has 0 unspecified atom stereocenters. The fraction of sp³-hybridized carbons (Fsp3) is 0.310. The van der Waals surface area contributed by atoms with Crippen LogP contribution < -0.4 is 10.2 Å². The van der Waals surface area contributed by atoms with Gasteiger partial charge in [0.05, 0.1) is 12.0 Å². The Balaban J connectivity index is 1.63. The first-order valence-electron chi connectivity index (χ1n) is 12.4. The maximum Gasteiger partial charge on any atom is 0.250 e. The number of carbonyl (C=O) groups excluding carboxylic acids is 1. The number of anilines is 1. The molecule has 0 aliphatic carbocycles. The van der Waals surface area contributed by atoms with E-state index in [4.69, 9.17) is 11.6 Å². The summed E-state index contributed by atoms with van der Waals surface area (Å²) in [7, 11) is 1.82. The Morgan fingerprint density at radius 2 is 2.00 bits per heavy atom. The molecule has 1 saturated heterocycles. The van der Waals surface area contributed by atoms with Crippen molar-refractivity contribution in [3.63, 3.8) is 0 Å². The molecule has 6 nitrogen and oxygen atoms in total. The summed E-state index contributed by atoms with van der Waals surface area (Å²) < 4.78 is 14.1. The van der Waals surface area contributed by atoms with E-state index in [0.717, 1.165) is 36.2 Å². The van der Waals surface area contributed by atoms with E-state index in [1.165, 1.54) is 18.2 Å². The summed E-state index contributed by atoms with van der Waals surface area (Å²) >= 11 is 6.39. The van der Waals surface area contributed by atoms with Gasteiger partial charge in [-0.1, -0.05) is 11.6 Å². The van der Waals surface area contributed by atoms with Crippen LogP contribution in [0, 0.1) is 19.7 Å². The van der Waals surface area contributed by atoms with Gasteiger partial charge in [0.1, 0.15) is 17.6 Å². The summed E-state index contributed by atoms with van der Waals surface area (Å²) in [4.78, 5) is 22.4. The van der Waals surface area contributed by atoms with Gasteiger partial charge in [-0.2, -0.15) is 0 Å². The van der Waals surface area contributed by atoms with Crippen LogP contribution in [0.25, 0.3) is 11.1 Å². The number of aromatic hydroxyl groups is 1. The van der Waals surface area contributed by atoms with Crippen molar-refractivity contribution in [1.82, 2.24) is 10.2 Å². The molecule has 0 aromatic heterocycles. The Morgan fingerprint density at radius 3 is 2.73 bits per heavy atom. The van der Waals surface area contributed by atoms with Crippen LogP contribution in [0.5, 0.6) is 5.75 Å². The maximum absolute atomic E-state index is 14.1. The molecule has 0 radical (unpaired) electrons. The standard InChI is InChI=1S/C29H30ClFN4O2/c1-17-9-19(30)12-22(10-17)35-16-33-26-11-18(2)23(24-13-20(31)6-7-27(24)36)14-25(26)28(35)29(37)34(3)15-21-5-4-8-32-21/h6-7,9-14,16,21,28,32,36H,4-5,8,15H2,1-3H3/t21-,28-/m0/s1. The molecule has 37 heavy (non-hydrogen) atoms. The number of carbonyl (C=O) groups is 1. The number of nitrogens with zero attached hydrogens (tertiary/aromatic N) is 3. The SMILES string of the molecule is Cc1cc(Cl)cc(N2C=Nc3cc(C)c(-c4cc(F)ccc4O)cc3[C@H]2C(=O)N(C)C[C@@H]2CCCN2)c1. The number of halogens is 2. The van der Waals surface area contributed by atoms with Crippen molar-refractivity contribution in [2.24, 2.45) is 4.99 Å². The second kappa shape index (κ2) is 10.1. The molecule has 2 aliphatic heterocycles. The van der Waals surface area contributed by atoms with E-state index in [9.17, 15) is 14.3 Å². The minimum Gasteiger partial charge on any atom is -0.507 e. The summed E-state index contributed by atoms with van der Waals surface area (Å²) in [6.07, 6.45) is 3.80. The van der Waals surface area contributed by atoms with Crippen LogP contribution in [-0.4, -0.2) is 48.4 Å². The first-order valence-corrected chi connectivity index (χ1v) is 12.8. The fourth-order valence-corrected chi connectivity index (χ4v) is 5.55. The number of amides is 1. The normalized spacial score (nSPS) is 18.7. The number of aliphatic imine (C=N–C) groups is 1. The van der Waals surface area contributed by atoms with E-state index >= 15 is 0 Å². The number of phenols is 1. The molecule has 192 valence electrons. The minimum absolute atomic E-state index is 0.0293. The number of phenolic OH excluding ortho intramolecular Hbond substituents is 1. The molecule has 1 amide bonds. The number of rotatable bonds is 5. The zero-order valence-electron chi connectivity index (χ0n) is 21.1. The summed E-state index contributed by atoms with van der Waals surface area (Å²) in [5.41, 5.74) is 4.89. The van der Waals surface area contributed by atoms with E-state index in [0.29, 0.717) is 33.9 Å². The summed E-state index contributed by atoms with van der Waals surface area (Å²) in [6.45, 7) is 5.39. The van der Waals surface area contributed by atoms with Gasteiger partial charge in [-0.3, -0.25) is 4.79 Å². The minimum atomic E-state index is -0.716. The number of benzene rings is 3. The quantitative estimate of drug-likeness (QED) is 0.439. The highest BCUT2D eigenvalue weighted by Crippen LogP contribution is 2.43. The number of nitrogens with one attached hydrogen (secondary N) is 1. The topological polar surface area (TPSA) is 68.2 Å². The fourth-order valence-electron chi connectivity index (χ4n) is 5.27. The summed E-state index contributed by atoms with van der Waals surface area (Å²) in [6, 6.07) is 12.8. The van der Waals surface area contributed by atoms with Crippen molar-refractivity contribution in [3.05, 3.63) is 76.1 Å². The Hall–Kier alpha value is -3.42. The molecule has 3 aromatic carbocycles. The Labute approximate surface area is 221 Å². The zero-order chi connectivity index (χ0) is 26.3. The number of likely N-dealkylation sites (N-methyl/N-ethyl adjacent to an activating group) is 1. The lowest BCUT2D eigenvalue weighted by atomic mass is 9.91. The smallest absolute Gasteiger partial charge is 0.250 e. The molecule has 5 rings (SSSR count). The second-order valence-electron chi connectivity index (χ2n) is 9.94. The molecule has 0 spiro atoms. The van der Waals surface area contributed by atoms with E-state index in [1.54, 1.807) is 11.2 Å². The first kappa shape index (κ1) is 25.2. The zero-order valence-corrected chi connectivity index (χ0v) is 21.9. The van der Waals surface area contributed by atoms with Crippen molar-refractivity contribution in [2.75, 3.05) is 25.0 Å². The molecule has 0 saturated carbocycles. The third kappa shape index (κ3) is 5.06. The van der Waals surface area contributed by atoms with Crippen molar-refractivity contribution >= 4 is 35.2 Å². The third-order valence-electron chi connectivity index (χ3n) is 7.11. The van der Waals surface area contributed by atoms with Gasteiger partial charge in [0.25, 0.3) is 0 Å². The molecule has 2 N–H and O–H groups in total. The van der Waals surface area contributed by atoms with Crippen molar-refractivity contribution < 1.29 is 14.3 Å². The molecular formula is C29H30ClFN4O2. The predicted molar refractivity (Wildman–Crippen MR) is 146 cm³/mol. The lowest BCUT2D eigenvalue weighted by molar-refractivity contribution is -0.131. The summed E-state index contributed by atoms with van der Waals surface area (Å²) in [5, 5.41) is 14.6. The van der Waals surface area contributed by atoms with E-state index in [2.05, 4.69) is 10.3 Å². The van der Waals surface area contributed by atoms with Gasteiger partial charge >= 0.3 is 0 Å². The van der Waals surface area contributed by atoms with Crippen LogP contribution in [0.1, 0.15) is 35.6 Å². The lowest BCUT2D eigenvalue weighted by Crippen LogP contribution is -2.46. The summed E-state index contributed by atoms with van der Waals surface area (Å²) in [5.74, 6) is -0.564. The van der Waals surface area contributed by atoms with Gasteiger partial charge in [-0.05, 0) is 98.5 Å². The monoisotopic (exact) mass is 520 g/mol. The number of fused-ring (bicyclic) bond motifs is 1. The average molecular weight is 521 g/mol. The van der Waals surface area contributed by atoms with Gasteiger partial charge in [0.15, 0.2) is 0 Å². The van der Waals surface area contributed by atoms with E-state index in [-0.39, 0.29) is 17.7 Å². The Bertz CT molecular complexity index is 1370. The van der Waals surface area contributed by atoms with Gasteiger partial charge in [-0.15, -0.1) is 0 Å². The van der Waals surface area contributed by atoms with Gasteiger partial charge in [0.2, 0.25) is 5.91 Å². The van der Waals surface area contributed by atoms with E-state index in [1.807, 2.05) is 56.1 Å². The second-order valence-corrected chi connectivity index (χ2v) is 10.4. The number of aryl methyl sites for hydroxylation is 2. The highest BCUT2D eigenvalue weighted by Gasteiger charge is 2.36. The van der Waals surface area contributed by atoms with Crippen molar-refractivity contribution in [2.45, 2.75) is 38.8 Å². The Kier molecular flexibility index (Phi) is 6.92. The highest BCUT2D eigenvalue weighted by atomic mass is 35.5. The average Bonchev–Trinajstić information content (AvgIpc) is 3.36. The Morgan fingerprint density at radius 1 is 1.19 bits per heavy atom. The van der Waals surface area contributed by atoms with Crippen LogP contribution in [0.4, 0.5) is 15.8 Å². The largest absolute Gasteiger partial charge is 0.507 e. The lowest BCUT2D eigenvalue weighted by Gasteiger charge is -2.36. The van der Waals surface area contributed by atoms with Gasteiger partial charge in [-0.25, -0.2) is 9.38 Å². The molecule has 2 heterocycles. The van der Waals surface area contributed by atoms with Gasteiger partial charge in [0, 0.05) is 41.5 Å². The van der Waals surface area contributed by atoms with Crippen LogP contribution in [0.15, 0.2) is 53.5 Å². The van der Waals surface area contributed by atoms with Crippen LogP contribution >= 0.6 is 11.6 Å². The molecule has 8 heteroatoms. The molecule has 1 fully saturated rings. The third-order valence-corrected chi connectivity index (χ3v) is 7.33.